The first-order valence-corrected chi connectivity index (χ1v) is 2.39. The molecule has 1 unspecified atom stereocenters. The van der Waals surface area contributed by atoms with Crippen LogP contribution in [0.1, 0.15) is 0 Å². The first kappa shape index (κ1) is 8.63. The highest BCUT2D eigenvalue weighted by Gasteiger charge is 2.34. The van der Waals surface area contributed by atoms with Gasteiger partial charge in [0.1, 0.15) is 0 Å². The molecule has 0 saturated heterocycles. The van der Waals surface area contributed by atoms with Gasteiger partial charge < -0.3 is 0 Å². The molecule has 0 aliphatic carbocycles. The van der Waals surface area contributed by atoms with E-state index < -0.39 is 11.4 Å². The SMILES string of the molecule is C#CC(NN)C(F)(F)Cl. The van der Waals surface area contributed by atoms with Crippen LogP contribution < -0.4 is 11.3 Å². The number of terminal acetylenes is 1. The number of halogens is 3. The van der Waals surface area contributed by atoms with Gasteiger partial charge in [0.05, 0.1) is 0 Å². The van der Waals surface area contributed by atoms with Crippen LogP contribution in [0.15, 0.2) is 0 Å². The normalized spacial score (nSPS) is 14.6. The van der Waals surface area contributed by atoms with Gasteiger partial charge in [0, 0.05) is 0 Å². The van der Waals surface area contributed by atoms with Crippen LogP contribution in [0.3, 0.4) is 0 Å². The van der Waals surface area contributed by atoms with Gasteiger partial charge in [-0.3, -0.25) is 5.84 Å². The average molecular weight is 155 g/mol. The lowest BCUT2D eigenvalue weighted by Crippen LogP contribution is -2.44. The van der Waals surface area contributed by atoms with Gasteiger partial charge in [-0.1, -0.05) is 5.92 Å². The molecule has 52 valence electrons. The van der Waals surface area contributed by atoms with Crippen molar-refractivity contribution in [3.8, 4) is 12.3 Å². The topological polar surface area (TPSA) is 38.0 Å². The van der Waals surface area contributed by atoms with Gasteiger partial charge in [-0.25, -0.2) is 5.43 Å². The third kappa shape index (κ3) is 2.61. The van der Waals surface area contributed by atoms with E-state index in [0.29, 0.717) is 0 Å². The van der Waals surface area contributed by atoms with Crippen molar-refractivity contribution in [2.45, 2.75) is 11.4 Å². The maximum Gasteiger partial charge on any atom is 0.349 e. The zero-order valence-corrected chi connectivity index (χ0v) is 5.12. The third-order valence-corrected chi connectivity index (χ3v) is 0.879. The largest absolute Gasteiger partial charge is 0.349 e. The number of rotatable bonds is 2. The van der Waals surface area contributed by atoms with E-state index in [-0.39, 0.29) is 0 Å². The highest BCUT2D eigenvalue weighted by molar-refractivity contribution is 6.22. The van der Waals surface area contributed by atoms with E-state index in [1.165, 1.54) is 0 Å². The predicted octanol–water partition coefficient (Wildman–Crippen LogP) is 0.283. The van der Waals surface area contributed by atoms with Gasteiger partial charge in [0.15, 0.2) is 6.04 Å². The Hall–Kier alpha value is -0.370. The summed E-state index contributed by atoms with van der Waals surface area (Å²) in [5.74, 6) is 6.29. The Balaban J connectivity index is 4.00. The number of alkyl halides is 3. The van der Waals surface area contributed by atoms with Crippen molar-refractivity contribution in [1.29, 1.82) is 0 Å². The van der Waals surface area contributed by atoms with Crippen molar-refractivity contribution in [3.63, 3.8) is 0 Å². The second-order valence-corrected chi connectivity index (χ2v) is 1.81. The van der Waals surface area contributed by atoms with Crippen molar-refractivity contribution >= 4 is 11.6 Å². The minimum absolute atomic E-state index is 1.61. The molecular formula is C4H5ClF2N2. The molecular weight excluding hydrogens is 150 g/mol. The third-order valence-electron chi connectivity index (χ3n) is 0.661. The van der Waals surface area contributed by atoms with E-state index in [4.69, 9.17) is 0 Å². The molecule has 0 rings (SSSR count). The molecule has 9 heavy (non-hydrogen) atoms. The molecule has 2 nitrogen and oxygen atoms in total. The van der Waals surface area contributed by atoms with E-state index in [2.05, 4.69) is 23.9 Å². The van der Waals surface area contributed by atoms with Crippen molar-refractivity contribution in [1.82, 2.24) is 5.43 Å². The lowest BCUT2D eigenvalue weighted by molar-refractivity contribution is 0.0717. The van der Waals surface area contributed by atoms with Crippen molar-refractivity contribution in [3.05, 3.63) is 0 Å². The van der Waals surface area contributed by atoms with Crippen LogP contribution in [0.25, 0.3) is 0 Å². The maximum atomic E-state index is 11.9. The second kappa shape index (κ2) is 2.97. The molecule has 0 aromatic heterocycles. The summed E-state index contributed by atoms with van der Waals surface area (Å²) in [5, 5.41) is -3.48. The Kier molecular flexibility index (Phi) is 2.85. The lowest BCUT2D eigenvalue weighted by Gasteiger charge is -2.13. The molecule has 0 amide bonds. The molecule has 0 fully saturated rings. The summed E-state index contributed by atoms with van der Waals surface area (Å²) < 4.78 is 23.7. The van der Waals surface area contributed by atoms with Gasteiger partial charge in [0.2, 0.25) is 0 Å². The number of hydrogen-bond donors (Lipinski definition) is 2. The molecule has 0 aromatic rings. The fourth-order valence-electron chi connectivity index (χ4n) is 0.237. The molecule has 0 aliphatic rings. The highest BCUT2D eigenvalue weighted by atomic mass is 35.5. The summed E-state index contributed by atoms with van der Waals surface area (Å²) in [5.41, 5.74) is 1.67. The van der Waals surface area contributed by atoms with Crippen LogP contribution in [0.2, 0.25) is 0 Å². The van der Waals surface area contributed by atoms with Crippen LogP contribution in [-0.2, 0) is 0 Å². The minimum atomic E-state index is -3.48. The van der Waals surface area contributed by atoms with Gasteiger partial charge in [-0.2, -0.15) is 8.78 Å². The van der Waals surface area contributed by atoms with Crippen molar-refractivity contribution < 1.29 is 8.78 Å². The van der Waals surface area contributed by atoms with Crippen LogP contribution in [0, 0.1) is 12.3 Å². The second-order valence-electron chi connectivity index (χ2n) is 1.31. The standard InChI is InChI=1S/C4H5ClF2N2/c1-2-3(9-8)4(5,6)7/h1,3,9H,8H2. The highest BCUT2D eigenvalue weighted by Crippen LogP contribution is 2.22. The zero-order valence-electron chi connectivity index (χ0n) is 4.37. The van der Waals surface area contributed by atoms with E-state index in [1.807, 2.05) is 0 Å². The van der Waals surface area contributed by atoms with Gasteiger partial charge in [0.25, 0.3) is 0 Å². The molecule has 0 radical (unpaired) electrons. The molecule has 0 spiro atoms. The van der Waals surface area contributed by atoms with Crippen LogP contribution in [-0.4, -0.2) is 11.4 Å². The Morgan fingerprint density at radius 2 is 2.22 bits per heavy atom. The van der Waals surface area contributed by atoms with Crippen LogP contribution in [0.5, 0.6) is 0 Å². The number of nitrogens with two attached hydrogens (primary N) is 1. The fraction of sp³-hybridized carbons (Fsp3) is 0.500. The quantitative estimate of drug-likeness (QED) is 0.260. The first-order valence-electron chi connectivity index (χ1n) is 2.01. The number of nitrogens with one attached hydrogen (secondary N) is 1. The van der Waals surface area contributed by atoms with Crippen LogP contribution in [0.4, 0.5) is 8.78 Å². The van der Waals surface area contributed by atoms with Crippen molar-refractivity contribution in [2.24, 2.45) is 5.84 Å². The Bertz CT molecular complexity index is 126. The molecule has 1 atom stereocenters. The summed E-state index contributed by atoms with van der Waals surface area (Å²) in [7, 11) is 0. The smallest absolute Gasteiger partial charge is 0.270 e. The summed E-state index contributed by atoms with van der Waals surface area (Å²) >= 11 is 4.48. The van der Waals surface area contributed by atoms with E-state index >= 15 is 0 Å². The predicted molar refractivity (Wildman–Crippen MR) is 30.7 cm³/mol. The molecule has 0 saturated carbocycles. The summed E-state index contributed by atoms with van der Waals surface area (Å²) in [6, 6.07) is -1.61. The monoisotopic (exact) mass is 154 g/mol. The van der Waals surface area contributed by atoms with Crippen LogP contribution >= 0.6 is 11.6 Å². The number of hydrazine groups is 1. The van der Waals surface area contributed by atoms with E-state index in [1.54, 1.807) is 11.3 Å². The van der Waals surface area contributed by atoms with Crippen molar-refractivity contribution in [2.75, 3.05) is 0 Å². The van der Waals surface area contributed by atoms with E-state index in [9.17, 15) is 8.78 Å². The molecule has 0 aliphatic heterocycles. The molecule has 0 bridgehead atoms. The Morgan fingerprint density at radius 3 is 2.22 bits per heavy atom. The molecule has 0 aromatic carbocycles. The van der Waals surface area contributed by atoms with E-state index in [0.717, 1.165) is 0 Å². The molecule has 5 heteroatoms. The fourth-order valence-corrected chi connectivity index (χ4v) is 0.363. The summed E-state index contributed by atoms with van der Waals surface area (Å²) in [6.45, 7) is 0. The Morgan fingerprint density at radius 1 is 1.78 bits per heavy atom. The van der Waals surface area contributed by atoms with Gasteiger partial charge in [-0.15, -0.1) is 6.42 Å². The van der Waals surface area contributed by atoms with Gasteiger partial charge >= 0.3 is 5.38 Å². The summed E-state index contributed by atoms with van der Waals surface area (Å²) in [6.07, 6.45) is 4.61. The molecule has 0 heterocycles. The van der Waals surface area contributed by atoms with Gasteiger partial charge in [-0.05, 0) is 11.6 Å². The summed E-state index contributed by atoms with van der Waals surface area (Å²) in [4.78, 5) is 0. The lowest BCUT2D eigenvalue weighted by atomic mass is 10.3. The Labute approximate surface area is 56.3 Å². The zero-order chi connectivity index (χ0) is 7.49. The average Bonchev–Trinajstić information content (AvgIpc) is 1.65. The number of hydrogen-bond acceptors (Lipinski definition) is 2. The molecule has 3 N–H and O–H groups in total. The minimum Gasteiger partial charge on any atom is -0.270 e. The maximum absolute atomic E-state index is 11.9. The first-order chi connectivity index (χ1) is 4.02.